The van der Waals surface area contributed by atoms with Crippen LogP contribution in [0, 0.1) is 0 Å². The van der Waals surface area contributed by atoms with Gasteiger partial charge in [-0.2, -0.15) is 0 Å². The van der Waals surface area contributed by atoms with Gasteiger partial charge in [-0.3, -0.25) is 9.59 Å². The Kier molecular flexibility index (Phi) is 7.67. The van der Waals surface area contributed by atoms with E-state index in [4.69, 9.17) is 14.6 Å². The van der Waals surface area contributed by atoms with Crippen LogP contribution < -0.4 is 14.8 Å². The third-order valence-corrected chi connectivity index (χ3v) is 3.67. The van der Waals surface area contributed by atoms with Gasteiger partial charge in [0.25, 0.3) is 5.91 Å². The second-order valence-electron chi connectivity index (χ2n) is 6.08. The summed E-state index contributed by atoms with van der Waals surface area (Å²) in [6.45, 7) is 5.13. The highest BCUT2D eigenvalue weighted by Crippen LogP contribution is 2.29. The Morgan fingerprint density at radius 2 is 1.67 bits per heavy atom. The molecule has 0 atom stereocenters. The van der Waals surface area contributed by atoms with Gasteiger partial charge in [0.2, 0.25) is 0 Å². The van der Waals surface area contributed by atoms with Crippen LogP contribution >= 0.6 is 0 Å². The van der Waals surface area contributed by atoms with Gasteiger partial charge in [0.15, 0.2) is 11.5 Å². The average Bonchev–Trinajstić information content (AvgIpc) is 2.64. The van der Waals surface area contributed by atoms with E-state index in [0.717, 1.165) is 12.8 Å². The summed E-state index contributed by atoms with van der Waals surface area (Å²) in [5.74, 6) is -0.0624. The van der Waals surface area contributed by atoms with Gasteiger partial charge in [-0.15, -0.1) is 0 Å². The number of anilines is 1. The minimum atomic E-state index is -0.918. The number of carbonyl (C=O) groups is 2. The van der Waals surface area contributed by atoms with Crippen molar-refractivity contribution < 1.29 is 24.2 Å². The van der Waals surface area contributed by atoms with Crippen LogP contribution in [0.2, 0.25) is 0 Å². The fourth-order valence-corrected chi connectivity index (χ4v) is 2.44. The van der Waals surface area contributed by atoms with E-state index in [2.05, 4.69) is 5.32 Å². The fourth-order valence-electron chi connectivity index (χ4n) is 2.44. The van der Waals surface area contributed by atoms with Crippen LogP contribution in [0.5, 0.6) is 11.5 Å². The predicted molar refractivity (Wildman–Crippen MR) is 104 cm³/mol. The molecule has 1 amide bonds. The molecule has 2 aromatic rings. The summed E-state index contributed by atoms with van der Waals surface area (Å²) in [6.07, 6.45) is 1.63. The quantitative estimate of drug-likeness (QED) is 0.655. The first-order valence-electron chi connectivity index (χ1n) is 9.05. The van der Waals surface area contributed by atoms with E-state index in [1.807, 2.05) is 13.8 Å². The molecular formula is C21H25NO5. The van der Waals surface area contributed by atoms with Crippen LogP contribution in [0.1, 0.15) is 42.6 Å². The van der Waals surface area contributed by atoms with Crippen molar-refractivity contribution in [3.8, 4) is 11.5 Å². The molecule has 0 saturated carbocycles. The van der Waals surface area contributed by atoms with Crippen molar-refractivity contribution in [2.45, 2.75) is 33.1 Å². The summed E-state index contributed by atoms with van der Waals surface area (Å²) in [6, 6.07) is 11.9. The second kappa shape index (κ2) is 10.2. The normalized spacial score (nSPS) is 10.3. The summed E-state index contributed by atoms with van der Waals surface area (Å²) >= 11 is 0. The molecule has 0 heterocycles. The second-order valence-corrected chi connectivity index (χ2v) is 6.08. The highest BCUT2D eigenvalue weighted by Gasteiger charge is 2.13. The van der Waals surface area contributed by atoms with Crippen molar-refractivity contribution >= 4 is 17.6 Å². The number of carboxylic acid groups (broad SMARTS) is 1. The number of benzene rings is 2. The number of amides is 1. The lowest BCUT2D eigenvalue weighted by molar-refractivity contribution is -0.136. The summed E-state index contributed by atoms with van der Waals surface area (Å²) in [5, 5.41) is 11.7. The molecule has 6 heteroatoms. The SMILES string of the molecule is CCCOc1ccc(C(=O)Nc2cccc(CC(=O)O)c2)cc1OCCC. The zero-order chi connectivity index (χ0) is 19.6. The van der Waals surface area contributed by atoms with Gasteiger partial charge in [-0.1, -0.05) is 26.0 Å². The highest BCUT2D eigenvalue weighted by molar-refractivity contribution is 6.04. The third-order valence-electron chi connectivity index (χ3n) is 3.67. The molecule has 6 nitrogen and oxygen atoms in total. The number of rotatable bonds is 10. The zero-order valence-electron chi connectivity index (χ0n) is 15.7. The first-order valence-corrected chi connectivity index (χ1v) is 9.05. The van der Waals surface area contributed by atoms with Crippen molar-refractivity contribution in [3.05, 3.63) is 53.6 Å². The maximum Gasteiger partial charge on any atom is 0.307 e. The molecule has 0 unspecified atom stereocenters. The minimum absolute atomic E-state index is 0.0951. The van der Waals surface area contributed by atoms with Crippen molar-refractivity contribution in [2.75, 3.05) is 18.5 Å². The van der Waals surface area contributed by atoms with Crippen LogP contribution in [-0.4, -0.2) is 30.2 Å². The van der Waals surface area contributed by atoms with E-state index in [0.29, 0.717) is 41.5 Å². The molecule has 0 aliphatic carbocycles. The van der Waals surface area contributed by atoms with Crippen molar-refractivity contribution in [3.63, 3.8) is 0 Å². The number of hydrogen-bond acceptors (Lipinski definition) is 4. The molecular weight excluding hydrogens is 346 g/mol. The number of hydrogen-bond donors (Lipinski definition) is 2. The molecule has 2 N–H and O–H groups in total. The number of carboxylic acids is 1. The third kappa shape index (κ3) is 6.33. The van der Waals surface area contributed by atoms with Gasteiger partial charge < -0.3 is 19.9 Å². The molecule has 27 heavy (non-hydrogen) atoms. The van der Waals surface area contributed by atoms with E-state index >= 15 is 0 Å². The van der Waals surface area contributed by atoms with Crippen LogP contribution in [0.4, 0.5) is 5.69 Å². The van der Waals surface area contributed by atoms with Crippen LogP contribution in [0.25, 0.3) is 0 Å². The maximum atomic E-state index is 12.6. The fraction of sp³-hybridized carbons (Fsp3) is 0.333. The number of ether oxygens (including phenoxy) is 2. The maximum absolute atomic E-state index is 12.6. The van der Waals surface area contributed by atoms with Gasteiger partial charge in [-0.05, 0) is 48.7 Å². The van der Waals surface area contributed by atoms with E-state index in [9.17, 15) is 9.59 Å². The Hall–Kier alpha value is -3.02. The molecule has 144 valence electrons. The van der Waals surface area contributed by atoms with Gasteiger partial charge in [0.05, 0.1) is 19.6 Å². The van der Waals surface area contributed by atoms with Crippen molar-refractivity contribution in [2.24, 2.45) is 0 Å². The Labute approximate surface area is 159 Å². The number of aliphatic carboxylic acids is 1. The molecule has 0 radical (unpaired) electrons. The summed E-state index contributed by atoms with van der Waals surface area (Å²) in [4.78, 5) is 23.4. The molecule has 0 aromatic heterocycles. The lowest BCUT2D eigenvalue weighted by atomic mass is 10.1. The van der Waals surface area contributed by atoms with Crippen LogP contribution in [0.15, 0.2) is 42.5 Å². The minimum Gasteiger partial charge on any atom is -0.490 e. The molecule has 2 aromatic carbocycles. The zero-order valence-corrected chi connectivity index (χ0v) is 15.7. The van der Waals surface area contributed by atoms with E-state index in [1.165, 1.54) is 0 Å². The lowest BCUT2D eigenvalue weighted by Gasteiger charge is -2.14. The summed E-state index contributed by atoms with van der Waals surface area (Å²) < 4.78 is 11.4. The monoisotopic (exact) mass is 371 g/mol. The standard InChI is InChI=1S/C21H25NO5/c1-3-10-26-18-9-8-16(14-19(18)27-11-4-2)21(25)22-17-7-5-6-15(12-17)13-20(23)24/h5-9,12,14H,3-4,10-11,13H2,1-2H3,(H,22,25)(H,23,24). The summed E-state index contributed by atoms with van der Waals surface area (Å²) in [5.41, 5.74) is 1.60. The number of carbonyl (C=O) groups excluding carboxylic acids is 1. The van der Waals surface area contributed by atoms with Gasteiger partial charge in [-0.25, -0.2) is 0 Å². The molecule has 0 aliphatic heterocycles. The Morgan fingerprint density at radius 1 is 0.963 bits per heavy atom. The molecule has 2 rings (SSSR count). The lowest BCUT2D eigenvalue weighted by Crippen LogP contribution is -2.13. The molecule has 0 fully saturated rings. The Bertz CT molecular complexity index is 788. The van der Waals surface area contributed by atoms with E-state index in [-0.39, 0.29) is 12.3 Å². The largest absolute Gasteiger partial charge is 0.490 e. The molecule has 0 bridgehead atoms. The molecule has 0 aliphatic rings. The van der Waals surface area contributed by atoms with Gasteiger partial charge in [0, 0.05) is 11.3 Å². The highest BCUT2D eigenvalue weighted by atomic mass is 16.5. The predicted octanol–water partition coefficient (Wildman–Crippen LogP) is 4.14. The first-order chi connectivity index (χ1) is 13.0. The molecule has 0 saturated heterocycles. The Morgan fingerprint density at radius 3 is 2.33 bits per heavy atom. The first kappa shape index (κ1) is 20.3. The topological polar surface area (TPSA) is 84.9 Å². The van der Waals surface area contributed by atoms with Gasteiger partial charge in [0.1, 0.15) is 0 Å². The smallest absolute Gasteiger partial charge is 0.307 e. The van der Waals surface area contributed by atoms with Crippen molar-refractivity contribution in [1.82, 2.24) is 0 Å². The molecule has 0 spiro atoms. The van der Waals surface area contributed by atoms with Crippen molar-refractivity contribution in [1.29, 1.82) is 0 Å². The van der Waals surface area contributed by atoms with Gasteiger partial charge >= 0.3 is 5.97 Å². The number of nitrogens with one attached hydrogen (secondary N) is 1. The Balaban J connectivity index is 2.16. The average molecular weight is 371 g/mol. The van der Waals surface area contributed by atoms with E-state index < -0.39 is 5.97 Å². The van der Waals surface area contributed by atoms with E-state index in [1.54, 1.807) is 42.5 Å². The van der Waals surface area contributed by atoms with Crippen LogP contribution in [-0.2, 0) is 11.2 Å². The van der Waals surface area contributed by atoms with Crippen LogP contribution in [0.3, 0.4) is 0 Å². The summed E-state index contributed by atoms with van der Waals surface area (Å²) in [7, 11) is 0.